The van der Waals surface area contributed by atoms with Crippen molar-refractivity contribution in [2.24, 2.45) is 5.92 Å². The minimum absolute atomic E-state index is 0.0562. The highest BCUT2D eigenvalue weighted by atomic mass is 32.1. The van der Waals surface area contributed by atoms with Crippen LogP contribution in [0.3, 0.4) is 0 Å². The quantitative estimate of drug-likeness (QED) is 0.833. The third kappa shape index (κ3) is 3.35. The predicted octanol–water partition coefficient (Wildman–Crippen LogP) is 1.48. The largest absolute Gasteiger partial charge is 0.381 e. The molecule has 2 aliphatic heterocycles. The molecular weight excluding hydrogens is 328 g/mol. The van der Waals surface area contributed by atoms with E-state index in [2.05, 4.69) is 15.0 Å². The van der Waals surface area contributed by atoms with Gasteiger partial charge >= 0.3 is 0 Å². The summed E-state index contributed by atoms with van der Waals surface area (Å²) < 4.78 is 10.7. The Hall–Kier alpha value is -1.77. The second-order valence-corrected chi connectivity index (χ2v) is 6.97. The molecule has 0 aromatic carbocycles. The van der Waals surface area contributed by atoms with E-state index in [1.165, 1.54) is 0 Å². The van der Waals surface area contributed by atoms with Gasteiger partial charge in [0.25, 0.3) is 0 Å². The highest BCUT2D eigenvalue weighted by Gasteiger charge is 2.30. The fraction of sp³-hybridized carbons (Fsp3) is 0.562. The van der Waals surface area contributed by atoms with Crippen LogP contribution in [0.2, 0.25) is 0 Å². The van der Waals surface area contributed by atoms with Crippen molar-refractivity contribution in [3.05, 3.63) is 22.7 Å². The van der Waals surface area contributed by atoms with Gasteiger partial charge in [0.1, 0.15) is 0 Å². The number of piperazine rings is 1. The van der Waals surface area contributed by atoms with E-state index in [4.69, 9.17) is 9.26 Å². The van der Waals surface area contributed by atoms with Crippen LogP contribution in [0.25, 0.3) is 11.4 Å². The number of carbonyl (C=O) groups excluding carboxylic acids is 1. The summed E-state index contributed by atoms with van der Waals surface area (Å²) in [5.74, 6) is 1.56. The first-order valence-electron chi connectivity index (χ1n) is 8.23. The van der Waals surface area contributed by atoms with E-state index < -0.39 is 0 Å². The second-order valence-electron chi connectivity index (χ2n) is 6.19. The van der Waals surface area contributed by atoms with Gasteiger partial charge in [-0.25, -0.2) is 0 Å². The zero-order valence-corrected chi connectivity index (χ0v) is 14.2. The molecule has 0 radical (unpaired) electrons. The molecule has 1 atom stereocenters. The molecule has 8 heteroatoms. The standard InChI is InChI=1S/C16H20N4O3S/c21-16(12-1-7-22-10-12)20-5-3-19(4-6-20)9-14-17-15(18-23-14)13-2-8-24-11-13/h2,8,11-12H,1,3-7,9-10H2/t12-/m0/s1. The Morgan fingerprint density at radius 2 is 2.21 bits per heavy atom. The molecular formula is C16H20N4O3S. The first-order chi connectivity index (χ1) is 11.8. The maximum Gasteiger partial charge on any atom is 0.241 e. The van der Waals surface area contributed by atoms with Crippen LogP contribution in [-0.4, -0.2) is 65.2 Å². The Bertz CT molecular complexity index is 673. The van der Waals surface area contributed by atoms with E-state index in [0.717, 1.165) is 38.2 Å². The van der Waals surface area contributed by atoms with E-state index in [1.807, 2.05) is 21.7 Å². The van der Waals surface area contributed by atoms with Crippen LogP contribution in [0.15, 0.2) is 21.3 Å². The molecule has 128 valence electrons. The molecule has 2 saturated heterocycles. The fourth-order valence-corrected chi connectivity index (χ4v) is 3.77. The Balaban J connectivity index is 1.29. The Morgan fingerprint density at radius 1 is 1.33 bits per heavy atom. The highest BCUT2D eigenvalue weighted by Crippen LogP contribution is 2.20. The third-order valence-corrected chi connectivity index (χ3v) is 5.25. The maximum atomic E-state index is 12.4. The predicted molar refractivity (Wildman–Crippen MR) is 88.4 cm³/mol. The summed E-state index contributed by atoms with van der Waals surface area (Å²) in [5, 5.41) is 8.04. The van der Waals surface area contributed by atoms with Gasteiger partial charge in [0.05, 0.1) is 19.1 Å². The van der Waals surface area contributed by atoms with E-state index in [0.29, 0.717) is 31.5 Å². The first-order valence-corrected chi connectivity index (χ1v) is 9.18. The van der Waals surface area contributed by atoms with Crippen LogP contribution in [0.5, 0.6) is 0 Å². The topological polar surface area (TPSA) is 71.7 Å². The van der Waals surface area contributed by atoms with Crippen molar-refractivity contribution in [3.63, 3.8) is 0 Å². The molecule has 0 bridgehead atoms. The molecule has 0 unspecified atom stereocenters. The smallest absolute Gasteiger partial charge is 0.241 e. The van der Waals surface area contributed by atoms with Gasteiger partial charge in [0.2, 0.25) is 17.6 Å². The lowest BCUT2D eigenvalue weighted by Gasteiger charge is -2.35. The second kappa shape index (κ2) is 7.00. The van der Waals surface area contributed by atoms with Gasteiger partial charge in [0.15, 0.2) is 0 Å². The molecule has 0 spiro atoms. The van der Waals surface area contributed by atoms with Gasteiger partial charge in [-0.1, -0.05) is 5.16 Å². The fourth-order valence-electron chi connectivity index (χ4n) is 3.13. The molecule has 2 aromatic rings. The van der Waals surface area contributed by atoms with Crippen LogP contribution in [0.4, 0.5) is 0 Å². The summed E-state index contributed by atoms with van der Waals surface area (Å²) in [7, 11) is 0. The highest BCUT2D eigenvalue weighted by molar-refractivity contribution is 7.08. The Kier molecular flexibility index (Phi) is 4.59. The number of ether oxygens (including phenoxy) is 1. The van der Waals surface area contributed by atoms with Gasteiger partial charge in [-0.3, -0.25) is 9.69 Å². The van der Waals surface area contributed by atoms with E-state index in [9.17, 15) is 4.79 Å². The van der Waals surface area contributed by atoms with Crippen LogP contribution < -0.4 is 0 Å². The summed E-state index contributed by atoms with van der Waals surface area (Å²) in [6.07, 6.45) is 0.854. The molecule has 4 rings (SSSR count). The summed E-state index contributed by atoms with van der Waals surface area (Å²) in [6, 6.07) is 1.98. The third-order valence-electron chi connectivity index (χ3n) is 4.57. The molecule has 7 nitrogen and oxygen atoms in total. The molecule has 2 aromatic heterocycles. The number of aromatic nitrogens is 2. The van der Waals surface area contributed by atoms with Crippen molar-refractivity contribution in [3.8, 4) is 11.4 Å². The first kappa shape index (κ1) is 15.7. The lowest BCUT2D eigenvalue weighted by Crippen LogP contribution is -2.50. The van der Waals surface area contributed by atoms with Gasteiger partial charge in [-0.2, -0.15) is 16.3 Å². The number of rotatable bonds is 4. The lowest BCUT2D eigenvalue weighted by molar-refractivity contribution is -0.137. The monoisotopic (exact) mass is 348 g/mol. The molecule has 0 aliphatic carbocycles. The maximum absolute atomic E-state index is 12.4. The molecule has 24 heavy (non-hydrogen) atoms. The summed E-state index contributed by atoms with van der Waals surface area (Å²) >= 11 is 1.61. The lowest BCUT2D eigenvalue weighted by atomic mass is 10.1. The van der Waals surface area contributed by atoms with Crippen LogP contribution in [0.1, 0.15) is 12.3 Å². The van der Waals surface area contributed by atoms with Crippen LogP contribution >= 0.6 is 11.3 Å². The SMILES string of the molecule is O=C([C@H]1CCOC1)N1CCN(Cc2nc(-c3ccsc3)no2)CC1. The van der Waals surface area contributed by atoms with Crippen molar-refractivity contribution < 1.29 is 14.1 Å². The molecule has 2 fully saturated rings. The zero-order valence-electron chi connectivity index (χ0n) is 13.4. The van der Waals surface area contributed by atoms with Gasteiger partial charge in [0, 0.05) is 43.7 Å². The van der Waals surface area contributed by atoms with Crippen molar-refractivity contribution in [2.45, 2.75) is 13.0 Å². The average Bonchev–Trinajstić information content (AvgIpc) is 3.36. The minimum atomic E-state index is 0.0562. The van der Waals surface area contributed by atoms with E-state index >= 15 is 0 Å². The Labute approximate surface area is 144 Å². The number of hydrogen-bond acceptors (Lipinski definition) is 7. The molecule has 4 heterocycles. The molecule has 1 amide bonds. The number of carbonyl (C=O) groups is 1. The number of hydrogen-bond donors (Lipinski definition) is 0. The summed E-state index contributed by atoms with van der Waals surface area (Å²) in [5.41, 5.74) is 0.990. The van der Waals surface area contributed by atoms with Gasteiger partial charge < -0.3 is 14.2 Å². The van der Waals surface area contributed by atoms with Crippen molar-refractivity contribution >= 4 is 17.2 Å². The zero-order chi connectivity index (χ0) is 16.4. The number of nitrogens with zero attached hydrogens (tertiary/aromatic N) is 4. The van der Waals surface area contributed by atoms with E-state index in [-0.39, 0.29) is 11.8 Å². The summed E-state index contributed by atoms with van der Waals surface area (Å²) in [6.45, 7) is 5.07. The summed E-state index contributed by atoms with van der Waals surface area (Å²) in [4.78, 5) is 21.1. The van der Waals surface area contributed by atoms with Crippen LogP contribution in [0, 0.1) is 5.92 Å². The van der Waals surface area contributed by atoms with Gasteiger partial charge in [-0.05, 0) is 17.9 Å². The van der Waals surface area contributed by atoms with E-state index in [1.54, 1.807) is 11.3 Å². The molecule has 0 saturated carbocycles. The van der Waals surface area contributed by atoms with Gasteiger partial charge in [-0.15, -0.1) is 0 Å². The number of thiophene rings is 1. The average molecular weight is 348 g/mol. The molecule has 0 N–H and O–H groups in total. The molecule has 2 aliphatic rings. The normalized spacial score (nSPS) is 22.2. The van der Waals surface area contributed by atoms with Crippen LogP contribution in [-0.2, 0) is 16.1 Å². The van der Waals surface area contributed by atoms with Crippen molar-refractivity contribution in [1.29, 1.82) is 0 Å². The minimum Gasteiger partial charge on any atom is -0.381 e. The number of amides is 1. The van der Waals surface area contributed by atoms with Crippen molar-refractivity contribution in [1.82, 2.24) is 19.9 Å². The Morgan fingerprint density at radius 3 is 2.92 bits per heavy atom. The van der Waals surface area contributed by atoms with Crippen molar-refractivity contribution in [2.75, 3.05) is 39.4 Å².